The Hall–Kier alpha value is -0.930. The molecule has 1 aromatic heterocycles. The summed E-state index contributed by atoms with van der Waals surface area (Å²) in [6.07, 6.45) is 3.50. The van der Waals surface area contributed by atoms with Crippen LogP contribution in [0.25, 0.3) is 0 Å². The highest BCUT2D eigenvalue weighted by molar-refractivity contribution is 4.96. The molecule has 16 heavy (non-hydrogen) atoms. The second-order valence-electron chi connectivity index (χ2n) is 5.20. The molecular weight excluding hydrogens is 198 g/mol. The summed E-state index contributed by atoms with van der Waals surface area (Å²) in [4.78, 5) is 5.93. The van der Waals surface area contributed by atoms with Gasteiger partial charge in [0, 0.05) is 23.5 Å². The normalized spacial score (nSPS) is 12.0. The van der Waals surface area contributed by atoms with Gasteiger partial charge in [-0.1, -0.05) is 6.07 Å². The van der Waals surface area contributed by atoms with Crippen molar-refractivity contribution >= 4 is 0 Å². The summed E-state index contributed by atoms with van der Waals surface area (Å²) in [6, 6.07) is 5.72. The Morgan fingerprint density at radius 3 is 1.44 bits per heavy atom. The second kappa shape index (κ2) is 5.97. The highest BCUT2D eigenvalue weighted by atomic mass is 15.2. The van der Waals surface area contributed by atoms with Gasteiger partial charge >= 0.3 is 0 Å². The van der Waals surface area contributed by atoms with E-state index in [4.69, 9.17) is 5.73 Å². The number of nitrogens with zero attached hydrogens (tertiary/aromatic N) is 2. The zero-order valence-electron chi connectivity index (χ0n) is 11.4. The summed E-state index contributed by atoms with van der Waals surface area (Å²) in [5.74, 6) is 0. The van der Waals surface area contributed by atoms with E-state index in [2.05, 4.69) is 37.8 Å². The van der Waals surface area contributed by atoms with Gasteiger partial charge in [-0.2, -0.15) is 0 Å². The van der Waals surface area contributed by atoms with Crippen LogP contribution >= 0.6 is 0 Å². The third-order valence-corrected chi connectivity index (χ3v) is 3.26. The highest BCUT2D eigenvalue weighted by Crippen LogP contribution is 2.22. The summed E-state index contributed by atoms with van der Waals surface area (Å²) < 4.78 is 0. The number of rotatable bonds is 2. The molecular formula is C13H25N3. The summed E-state index contributed by atoms with van der Waals surface area (Å²) in [5, 5.41) is 0. The summed E-state index contributed by atoms with van der Waals surface area (Å²) >= 11 is 0. The minimum Gasteiger partial charge on any atom is -0.324 e. The van der Waals surface area contributed by atoms with Crippen molar-refractivity contribution in [2.24, 2.45) is 5.73 Å². The van der Waals surface area contributed by atoms with E-state index in [0.717, 1.165) is 0 Å². The fourth-order valence-corrected chi connectivity index (χ4v) is 0.889. The van der Waals surface area contributed by atoms with Crippen molar-refractivity contribution < 1.29 is 0 Å². The SMILES string of the molecule is CN(C)C(C)(C)C(C)(C)N.c1ccncc1. The van der Waals surface area contributed by atoms with Crippen LogP contribution in [0, 0.1) is 0 Å². The molecule has 3 nitrogen and oxygen atoms in total. The van der Waals surface area contributed by atoms with Crippen molar-refractivity contribution in [3.8, 4) is 0 Å². The molecule has 0 bridgehead atoms. The number of hydrogen-bond donors (Lipinski definition) is 1. The maximum Gasteiger partial charge on any atom is 0.0321 e. The highest BCUT2D eigenvalue weighted by Gasteiger charge is 2.34. The van der Waals surface area contributed by atoms with Gasteiger partial charge < -0.3 is 10.6 Å². The Kier molecular flexibility index (Phi) is 5.62. The van der Waals surface area contributed by atoms with Crippen LogP contribution in [-0.4, -0.2) is 35.1 Å². The summed E-state index contributed by atoms with van der Waals surface area (Å²) in [5.41, 5.74) is 5.86. The molecule has 0 amide bonds. The monoisotopic (exact) mass is 223 g/mol. The van der Waals surface area contributed by atoms with Crippen molar-refractivity contribution in [1.29, 1.82) is 0 Å². The minimum atomic E-state index is -0.156. The first-order chi connectivity index (χ1) is 7.19. The van der Waals surface area contributed by atoms with Crippen molar-refractivity contribution in [3.05, 3.63) is 30.6 Å². The number of aromatic nitrogens is 1. The Bertz CT molecular complexity index is 246. The van der Waals surface area contributed by atoms with Gasteiger partial charge in [-0.3, -0.25) is 4.98 Å². The van der Waals surface area contributed by atoms with Crippen LogP contribution in [-0.2, 0) is 0 Å². The van der Waals surface area contributed by atoms with Gasteiger partial charge in [0.2, 0.25) is 0 Å². The van der Waals surface area contributed by atoms with Crippen molar-refractivity contribution in [2.75, 3.05) is 14.1 Å². The molecule has 0 aliphatic heterocycles. The zero-order chi connectivity index (χ0) is 12.8. The van der Waals surface area contributed by atoms with Crippen LogP contribution in [0.4, 0.5) is 0 Å². The number of likely N-dealkylation sites (N-methyl/N-ethyl adjacent to an activating group) is 1. The number of hydrogen-bond acceptors (Lipinski definition) is 3. The molecule has 0 fully saturated rings. The maximum atomic E-state index is 5.97. The molecule has 0 aromatic carbocycles. The van der Waals surface area contributed by atoms with Crippen LogP contribution in [0.3, 0.4) is 0 Å². The first kappa shape index (κ1) is 15.1. The molecule has 0 atom stereocenters. The van der Waals surface area contributed by atoms with Crippen LogP contribution in [0.2, 0.25) is 0 Å². The Morgan fingerprint density at radius 2 is 1.38 bits per heavy atom. The zero-order valence-corrected chi connectivity index (χ0v) is 11.4. The molecule has 1 heterocycles. The molecule has 92 valence electrons. The predicted octanol–water partition coefficient (Wildman–Crippen LogP) is 2.15. The van der Waals surface area contributed by atoms with E-state index in [1.54, 1.807) is 12.4 Å². The van der Waals surface area contributed by atoms with Gasteiger partial charge in [0.1, 0.15) is 0 Å². The third kappa shape index (κ3) is 4.73. The van der Waals surface area contributed by atoms with Crippen molar-refractivity contribution in [1.82, 2.24) is 9.88 Å². The predicted molar refractivity (Wildman–Crippen MR) is 70.3 cm³/mol. The lowest BCUT2D eigenvalue weighted by Gasteiger charge is -2.43. The topological polar surface area (TPSA) is 42.1 Å². The molecule has 0 spiro atoms. The molecule has 1 rings (SSSR count). The van der Waals surface area contributed by atoms with E-state index in [9.17, 15) is 0 Å². The molecule has 0 saturated carbocycles. The van der Waals surface area contributed by atoms with E-state index in [1.165, 1.54) is 0 Å². The van der Waals surface area contributed by atoms with E-state index in [-0.39, 0.29) is 11.1 Å². The Balaban J connectivity index is 0.000000315. The van der Waals surface area contributed by atoms with Gasteiger partial charge in [-0.05, 0) is 53.9 Å². The molecule has 0 saturated heterocycles. The van der Waals surface area contributed by atoms with E-state index < -0.39 is 0 Å². The van der Waals surface area contributed by atoms with E-state index in [1.807, 2.05) is 32.0 Å². The molecule has 3 heteroatoms. The second-order valence-corrected chi connectivity index (χ2v) is 5.20. The van der Waals surface area contributed by atoms with E-state index in [0.29, 0.717) is 0 Å². The van der Waals surface area contributed by atoms with Gasteiger partial charge in [0.25, 0.3) is 0 Å². The minimum absolute atomic E-state index is 0.0486. The first-order valence-electron chi connectivity index (χ1n) is 5.51. The smallest absolute Gasteiger partial charge is 0.0321 e. The van der Waals surface area contributed by atoms with Gasteiger partial charge in [-0.15, -0.1) is 0 Å². The fourth-order valence-electron chi connectivity index (χ4n) is 0.889. The number of pyridine rings is 1. The Labute approximate surface area is 99.7 Å². The average molecular weight is 223 g/mol. The lowest BCUT2D eigenvalue weighted by molar-refractivity contribution is 0.111. The van der Waals surface area contributed by atoms with Crippen molar-refractivity contribution in [3.63, 3.8) is 0 Å². The Morgan fingerprint density at radius 1 is 0.938 bits per heavy atom. The van der Waals surface area contributed by atoms with Gasteiger partial charge in [0.15, 0.2) is 0 Å². The molecule has 0 unspecified atom stereocenters. The van der Waals surface area contributed by atoms with Crippen LogP contribution < -0.4 is 5.73 Å². The molecule has 0 aliphatic rings. The third-order valence-electron chi connectivity index (χ3n) is 3.26. The fraction of sp³-hybridized carbons (Fsp3) is 0.615. The lowest BCUT2D eigenvalue weighted by Crippen LogP contribution is -2.60. The van der Waals surface area contributed by atoms with Crippen LogP contribution in [0.5, 0.6) is 0 Å². The van der Waals surface area contributed by atoms with Gasteiger partial charge in [0.05, 0.1) is 0 Å². The maximum absolute atomic E-state index is 5.97. The van der Waals surface area contributed by atoms with Crippen LogP contribution in [0.15, 0.2) is 30.6 Å². The molecule has 0 radical (unpaired) electrons. The average Bonchev–Trinajstić information content (AvgIpc) is 2.19. The standard InChI is InChI=1S/C8H20N2.C5H5N/c1-7(2,9)8(3,4)10(5)6;1-2-4-6-5-3-1/h9H2,1-6H3;1-5H. The molecule has 2 N–H and O–H groups in total. The lowest BCUT2D eigenvalue weighted by atomic mass is 9.82. The molecule has 0 aliphatic carbocycles. The summed E-state index contributed by atoms with van der Waals surface area (Å²) in [7, 11) is 4.10. The van der Waals surface area contributed by atoms with Crippen LogP contribution in [0.1, 0.15) is 27.7 Å². The van der Waals surface area contributed by atoms with E-state index >= 15 is 0 Å². The first-order valence-corrected chi connectivity index (χ1v) is 5.51. The molecule has 1 aromatic rings. The quantitative estimate of drug-likeness (QED) is 0.835. The summed E-state index contributed by atoms with van der Waals surface area (Å²) in [6.45, 7) is 8.39. The van der Waals surface area contributed by atoms with Gasteiger partial charge in [-0.25, -0.2) is 0 Å². The largest absolute Gasteiger partial charge is 0.324 e. The number of nitrogens with two attached hydrogens (primary N) is 1. The van der Waals surface area contributed by atoms with Crippen molar-refractivity contribution in [2.45, 2.75) is 38.8 Å².